The molecule has 0 unspecified atom stereocenters. The molecule has 41 heavy (non-hydrogen) atoms. The molecule has 2 fully saturated rings. The van der Waals surface area contributed by atoms with Crippen LogP contribution in [-0.2, 0) is 16.0 Å². The summed E-state index contributed by atoms with van der Waals surface area (Å²) in [5, 5.41) is 0.608. The fourth-order valence-corrected chi connectivity index (χ4v) is 7.10. The van der Waals surface area contributed by atoms with E-state index in [1.807, 2.05) is 42.5 Å². The van der Waals surface area contributed by atoms with Crippen LogP contribution in [0.25, 0.3) is 0 Å². The molecular formula is C34H28ClN3O3. The normalized spacial score (nSPS) is 21.6. The molecule has 7 heteroatoms. The maximum atomic E-state index is 14.9. The van der Waals surface area contributed by atoms with E-state index in [0.717, 1.165) is 17.7 Å². The van der Waals surface area contributed by atoms with E-state index in [1.165, 1.54) is 15.4 Å². The van der Waals surface area contributed by atoms with Crippen molar-refractivity contribution >= 4 is 46.5 Å². The van der Waals surface area contributed by atoms with Gasteiger partial charge in [-0.2, -0.15) is 0 Å². The Kier molecular flexibility index (Phi) is 6.16. The highest BCUT2D eigenvalue weighted by atomic mass is 35.5. The van der Waals surface area contributed by atoms with Gasteiger partial charge in [0.1, 0.15) is 0 Å². The van der Waals surface area contributed by atoms with Gasteiger partial charge in [-0.3, -0.25) is 9.59 Å². The molecule has 3 aliphatic heterocycles. The average Bonchev–Trinajstić information content (AvgIpc) is 3.01. The average molecular weight is 562 g/mol. The maximum Gasteiger partial charge on any atom is 0.342 e. The summed E-state index contributed by atoms with van der Waals surface area (Å²) in [6, 6.07) is 32.6. The predicted octanol–water partition coefficient (Wildman–Crippen LogP) is 6.84. The first-order valence-electron chi connectivity index (χ1n) is 13.9. The van der Waals surface area contributed by atoms with Gasteiger partial charge in [0, 0.05) is 17.3 Å². The lowest BCUT2D eigenvalue weighted by Crippen LogP contribution is -2.74. The highest BCUT2D eigenvalue weighted by molar-refractivity contribution is 6.39. The number of hydrogen-bond donors (Lipinski definition) is 0. The lowest BCUT2D eigenvalue weighted by atomic mass is 9.63. The zero-order valence-electron chi connectivity index (χ0n) is 22.3. The Hall–Kier alpha value is -4.42. The molecule has 0 aliphatic carbocycles. The fourth-order valence-electron chi connectivity index (χ4n) is 6.93. The molecule has 0 bridgehead atoms. The van der Waals surface area contributed by atoms with Gasteiger partial charge in [-0.15, -0.1) is 0 Å². The highest BCUT2D eigenvalue weighted by Gasteiger charge is 2.65. The number of carbonyl (C=O) groups excluding carboxylic acids is 3. The van der Waals surface area contributed by atoms with E-state index >= 15 is 0 Å². The Morgan fingerprint density at radius 1 is 0.707 bits per heavy atom. The number of piperidine rings is 1. The molecular weight excluding hydrogens is 534 g/mol. The van der Waals surface area contributed by atoms with E-state index in [-0.39, 0.29) is 12.3 Å². The summed E-state index contributed by atoms with van der Waals surface area (Å²) in [4.78, 5) is 48.5. The fraction of sp³-hybridized carbons (Fsp3) is 0.206. The van der Waals surface area contributed by atoms with Crippen molar-refractivity contribution in [2.75, 3.05) is 21.2 Å². The number of carbonyl (C=O) groups is 3. The van der Waals surface area contributed by atoms with Crippen molar-refractivity contribution in [3.05, 3.63) is 125 Å². The first kappa shape index (κ1) is 25.5. The monoisotopic (exact) mass is 561 g/mol. The number of halogens is 1. The Balaban J connectivity index is 1.45. The number of imide groups is 2. The van der Waals surface area contributed by atoms with E-state index in [2.05, 4.69) is 17.0 Å². The van der Waals surface area contributed by atoms with E-state index < -0.39 is 29.3 Å². The summed E-state index contributed by atoms with van der Waals surface area (Å²) in [6.45, 7) is 0.657. The Bertz CT molecular complexity index is 1580. The van der Waals surface area contributed by atoms with Crippen molar-refractivity contribution < 1.29 is 14.4 Å². The molecule has 4 aromatic rings. The molecule has 1 spiro atoms. The van der Waals surface area contributed by atoms with E-state index in [9.17, 15) is 14.4 Å². The third-order valence-electron chi connectivity index (χ3n) is 8.85. The van der Waals surface area contributed by atoms with Crippen LogP contribution in [0.2, 0.25) is 5.02 Å². The Morgan fingerprint density at radius 3 is 1.85 bits per heavy atom. The summed E-state index contributed by atoms with van der Waals surface area (Å²) >= 11 is 6.47. The van der Waals surface area contributed by atoms with Gasteiger partial charge in [-0.25, -0.2) is 14.6 Å². The quantitative estimate of drug-likeness (QED) is 0.257. The van der Waals surface area contributed by atoms with Crippen LogP contribution in [0.4, 0.5) is 21.9 Å². The Labute approximate surface area is 243 Å². The molecule has 0 saturated carbocycles. The molecule has 3 heterocycles. The first-order chi connectivity index (χ1) is 20.0. The van der Waals surface area contributed by atoms with Crippen LogP contribution in [0.3, 0.4) is 0 Å². The van der Waals surface area contributed by atoms with Crippen molar-refractivity contribution in [2.45, 2.75) is 31.2 Å². The van der Waals surface area contributed by atoms with E-state index in [0.29, 0.717) is 29.4 Å². The van der Waals surface area contributed by atoms with Gasteiger partial charge < -0.3 is 4.90 Å². The van der Waals surface area contributed by atoms with Crippen LogP contribution < -0.4 is 14.7 Å². The second-order valence-corrected chi connectivity index (χ2v) is 11.4. The SMILES string of the molecule is O=C1N(c2ccccc2)C(=O)C2(Cc3ccc(Cl)cc3N3CC[C@@H](c4ccccc4)C[C@@H]32)C(=O)N1c1ccccc1. The zero-order valence-corrected chi connectivity index (χ0v) is 23.1. The number of para-hydroxylation sites is 2. The van der Waals surface area contributed by atoms with E-state index in [1.54, 1.807) is 54.6 Å². The minimum Gasteiger partial charge on any atom is -0.367 e. The van der Waals surface area contributed by atoms with Crippen molar-refractivity contribution in [1.29, 1.82) is 0 Å². The molecule has 0 N–H and O–H groups in total. The van der Waals surface area contributed by atoms with Crippen LogP contribution in [0.5, 0.6) is 0 Å². The number of amides is 4. The standard InChI is InChI=1S/C34H28ClN3O3/c35-26-17-16-25-22-34(30-20-24(23-10-4-1-5-11-23)18-19-36(30)29(25)21-26)31(39)37(27-12-6-2-7-13-27)33(41)38(32(34)40)28-14-8-3-9-15-28/h1-17,21,24,30H,18-20,22H2/t24-,30-/m1/s1. The molecule has 204 valence electrons. The van der Waals surface area contributed by atoms with Crippen molar-refractivity contribution in [3.8, 4) is 0 Å². The lowest BCUT2D eigenvalue weighted by molar-refractivity contribution is -0.143. The second-order valence-electron chi connectivity index (χ2n) is 11.0. The lowest BCUT2D eigenvalue weighted by Gasteiger charge is -2.56. The minimum absolute atomic E-state index is 0.156. The summed E-state index contributed by atoms with van der Waals surface area (Å²) in [7, 11) is 0. The number of hydrogen-bond acceptors (Lipinski definition) is 4. The Morgan fingerprint density at radius 2 is 1.27 bits per heavy atom. The van der Waals surface area contributed by atoms with Crippen LogP contribution in [0, 0.1) is 5.41 Å². The van der Waals surface area contributed by atoms with Crippen molar-refractivity contribution in [3.63, 3.8) is 0 Å². The largest absolute Gasteiger partial charge is 0.367 e. The topological polar surface area (TPSA) is 60.9 Å². The molecule has 3 aliphatic rings. The number of barbiturate groups is 1. The van der Waals surface area contributed by atoms with Gasteiger partial charge in [0.2, 0.25) is 0 Å². The van der Waals surface area contributed by atoms with Gasteiger partial charge in [0.25, 0.3) is 11.8 Å². The molecule has 0 radical (unpaired) electrons. The third-order valence-corrected chi connectivity index (χ3v) is 9.08. The smallest absolute Gasteiger partial charge is 0.342 e. The highest BCUT2D eigenvalue weighted by Crippen LogP contribution is 2.52. The van der Waals surface area contributed by atoms with Gasteiger partial charge in [-0.05, 0) is 72.7 Å². The summed E-state index contributed by atoms with van der Waals surface area (Å²) in [5.41, 5.74) is 2.38. The molecule has 4 amide bonds. The van der Waals surface area contributed by atoms with Gasteiger partial charge >= 0.3 is 6.03 Å². The molecule has 7 rings (SSSR count). The number of nitrogens with zero attached hydrogens (tertiary/aromatic N) is 3. The molecule has 2 saturated heterocycles. The van der Waals surface area contributed by atoms with Crippen molar-refractivity contribution in [1.82, 2.24) is 0 Å². The van der Waals surface area contributed by atoms with Gasteiger partial charge in [0.05, 0.1) is 17.4 Å². The summed E-state index contributed by atoms with van der Waals surface area (Å²) < 4.78 is 0. The van der Waals surface area contributed by atoms with Crippen LogP contribution in [-0.4, -0.2) is 30.4 Å². The number of rotatable bonds is 3. The number of benzene rings is 4. The number of fused-ring (bicyclic) bond motifs is 4. The maximum absolute atomic E-state index is 14.9. The summed E-state index contributed by atoms with van der Waals surface area (Å²) in [6.07, 6.45) is 1.64. The summed E-state index contributed by atoms with van der Waals surface area (Å²) in [5.74, 6) is -0.797. The minimum atomic E-state index is -1.52. The molecule has 4 aromatic carbocycles. The zero-order chi connectivity index (χ0) is 28.1. The molecule has 0 aromatic heterocycles. The van der Waals surface area contributed by atoms with Crippen LogP contribution >= 0.6 is 11.6 Å². The van der Waals surface area contributed by atoms with Crippen LogP contribution in [0.1, 0.15) is 29.9 Å². The first-order valence-corrected chi connectivity index (χ1v) is 14.3. The number of urea groups is 1. The van der Waals surface area contributed by atoms with Crippen LogP contribution in [0.15, 0.2) is 109 Å². The molecule has 6 nitrogen and oxygen atoms in total. The molecule has 2 atom stereocenters. The van der Waals surface area contributed by atoms with Crippen molar-refractivity contribution in [2.24, 2.45) is 5.41 Å². The van der Waals surface area contributed by atoms with Gasteiger partial charge in [0.15, 0.2) is 5.41 Å². The third kappa shape index (κ3) is 3.97. The van der Waals surface area contributed by atoms with Gasteiger partial charge in [-0.1, -0.05) is 84.4 Å². The predicted molar refractivity (Wildman–Crippen MR) is 160 cm³/mol. The van der Waals surface area contributed by atoms with E-state index in [4.69, 9.17) is 11.6 Å². The second kappa shape index (κ2) is 9.89. The number of anilines is 3.